The number of halogens is 1. The van der Waals surface area contributed by atoms with Crippen molar-refractivity contribution >= 4 is 27.3 Å². The van der Waals surface area contributed by atoms with Crippen LogP contribution < -0.4 is 0 Å². The summed E-state index contributed by atoms with van der Waals surface area (Å²) in [5.41, 5.74) is 2.75. The molecule has 1 aromatic heterocycles. The molecule has 0 aliphatic carbocycles. The van der Waals surface area contributed by atoms with Crippen molar-refractivity contribution < 1.29 is 0 Å². The molecule has 1 aromatic carbocycles. The molecule has 0 saturated carbocycles. The van der Waals surface area contributed by atoms with E-state index in [9.17, 15) is 0 Å². The Morgan fingerprint density at radius 1 is 1.08 bits per heavy atom. The second-order valence-electron chi connectivity index (χ2n) is 2.92. The zero-order chi connectivity index (χ0) is 9.10. The zero-order valence-electron chi connectivity index (χ0n) is 7.03. The highest BCUT2D eigenvalue weighted by Gasteiger charge is 1.97. The van der Waals surface area contributed by atoms with Crippen molar-refractivity contribution in [3.8, 4) is 0 Å². The molecule has 66 valence electrons. The Labute approximate surface area is 90.4 Å². The third-order valence-corrected chi connectivity index (χ3v) is 3.43. The van der Waals surface area contributed by atoms with E-state index in [1.165, 1.54) is 14.9 Å². The third kappa shape index (κ3) is 2.42. The molecule has 2 aromatic rings. The molecule has 1 heterocycles. The van der Waals surface area contributed by atoms with Crippen LogP contribution in [0.5, 0.6) is 0 Å². The van der Waals surface area contributed by atoms with Crippen LogP contribution in [0.4, 0.5) is 0 Å². The fraction of sp³-hybridized carbons (Fsp3) is 0.0909. The Hall–Kier alpha value is -0.600. The summed E-state index contributed by atoms with van der Waals surface area (Å²) in [4.78, 5) is 0. The Kier molecular flexibility index (Phi) is 2.81. The van der Waals surface area contributed by atoms with Crippen LogP contribution in [0.2, 0.25) is 0 Å². The minimum absolute atomic E-state index is 1.03. The van der Waals surface area contributed by atoms with Gasteiger partial charge >= 0.3 is 0 Å². The first kappa shape index (κ1) is 8.97. The van der Waals surface area contributed by atoms with Crippen molar-refractivity contribution in [3.05, 3.63) is 56.7 Å². The molecule has 0 fully saturated rings. The Bertz CT molecular complexity index is 378. The highest BCUT2D eigenvalue weighted by atomic mass is 79.9. The monoisotopic (exact) mass is 252 g/mol. The van der Waals surface area contributed by atoms with E-state index in [4.69, 9.17) is 0 Å². The lowest BCUT2D eigenvalue weighted by Crippen LogP contribution is -1.83. The van der Waals surface area contributed by atoms with E-state index in [1.54, 1.807) is 11.3 Å². The van der Waals surface area contributed by atoms with E-state index in [2.05, 4.69) is 51.6 Å². The molecule has 0 saturated heterocycles. The molecular formula is C11H9BrS. The minimum atomic E-state index is 1.03. The quantitative estimate of drug-likeness (QED) is 0.755. The van der Waals surface area contributed by atoms with E-state index in [-0.39, 0.29) is 0 Å². The Balaban J connectivity index is 2.15. The van der Waals surface area contributed by atoms with Crippen molar-refractivity contribution in [1.82, 2.24) is 0 Å². The lowest BCUT2D eigenvalue weighted by molar-refractivity contribution is 1.21. The minimum Gasteiger partial charge on any atom is -0.137 e. The van der Waals surface area contributed by atoms with Gasteiger partial charge in [0.2, 0.25) is 0 Å². The topological polar surface area (TPSA) is 0 Å². The number of thiophene rings is 1. The average Bonchev–Trinajstić information content (AvgIpc) is 2.53. The molecule has 0 amide bonds. The third-order valence-electron chi connectivity index (χ3n) is 1.87. The summed E-state index contributed by atoms with van der Waals surface area (Å²) in [6.07, 6.45) is 1.03. The number of hydrogen-bond acceptors (Lipinski definition) is 1. The van der Waals surface area contributed by atoms with Gasteiger partial charge in [0.05, 0.1) is 3.79 Å². The van der Waals surface area contributed by atoms with Crippen molar-refractivity contribution in [3.63, 3.8) is 0 Å². The maximum absolute atomic E-state index is 3.46. The average molecular weight is 253 g/mol. The summed E-state index contributed by atoms with van der Waals surface area (Å²) >= 11 is 5.20. The fourth-order valence-electron chi connectivity index (χ4n) is 1.27. The molecule has 0 nitrogen and oxygen atoms in total. The second-order valence-corrected chi connectivity index (χ2v) is 5.21. The zero-order valence-corrected chi connectivity index (χ0v) is 9.44. The van der Waals surface area contributed by atoms with Gasteiger partial charge in [-0.15, -0.1) is 11.3 Å². The lowest BCUT2D eigenvalue weighted by atomic mass is 10.1. The van der Waals surface area contributed by atoms with Gasteiger partial charge in [-0.25, -0.2) is 0 Å². The molecule has 0 aliphatic heterocycles. The molecule has 0 radical (unpaired) electrons. The van der Waals surface area contributed by atoms with Crippen LogP contribution in [0.3, 0.4) is 0 Å². The van der Waals surface area contributed by atoms with Crippen LogP contribution in [-0.4, -0.2) is 0 Å². The van der Waals surface area contributed by atoms with Crippen molar-refractivity contribution in [1.29, 1.82) is 0 Å². The summed E-state index contributed by atoms with van der Waals surface area (Å²) in [5.74, 6) is 0. The molecule has 0 unspecified atom stereocenters. The highest BCUT2D eigenvalue weighted by Crippen LogP contribution is 2.22. The molecular weight excluding hydrogens is 244 g/mol. The predicted molar refractivity (Wildman–Crippen MR) is 61.3 cm³/mol. The summed E-state index contributed by atoms with van der Waals surface area (Å²) in [6.45, 7) is 0. The molecule has 0 bridgehead atoms. The second kappa shape index (κ2) is 4.07. The van der Waals surface area contributed by atoms with Gasteiger partial charge in [0, 0.05) is 0 Å². The van der Waals surface area contributed by atoms with Gasteiger partial charge in [-0.2, -0.15) is 0 Å². The predicted octanol–water partition coefficient (Wildman–Crippen LogP) is 4.10. The fourth-order valence-corrected chi connectivity index (χ4v) is 2.48. The summed E-state index contributed by atoms with van der Waals surface area (Å²) in [7, 11) is 0. The van der Waals surface area contributed by atoms with Gasteiger partial charge in [-0.05, 0) is 44.9 Å². The SMILES string of the molecule is Brc1cc(Cc2ccccc2)cs1. The molecule has 0 aliphatic rings. The molecule has 13 heavy (non-hydrogen) atoms. The van der Waals surface area contributed by atoms with Crippen LogP contribution >= 0.6 is 27.3 Å². The van der Waals surface area contributed by atoms with Crippen molar-refractivity contribution in [2.24, 2.45) is 0 Å². The first-order valence-electron chi connectivity index (χ1n) is 4.11. The van der Waals surface area contributed by atoms with Gasteiger partial charge in [0.25, 0.3) is 0 Å². The molecule has 2 heteroatoms. The summed E-state index contributed by atoms with van der Waals surface area (Å²) in [6, 6.07) is 12.7. The summed E-state index contributed by atoms with van der Waals surface area (Å²) in [5, 5.41) is 2.19. The van der Waals surface area contributed by atoms with Crippen LogP contribution in [0.15, 0.2) is 45.6 Å². The van der Waals surface area contributed by atoms with E-state index in [0.29, 0.717) is 0 Å². The van der Waals surface area contributed by atoms with E-state index in [1.807, 2.05) is 6.07 Å². The van der Waals surface area contributed by atoms with Gasteiger partial charge < -0.3 is 0 Å². The van der Waals surface area contributed by atoms with Crippen LogP contribution in [0.1, 0.15) is 11.1 Å². The van der Waals surface area contributed by atoms with E-state index in [0.717, 1.165) is 6.42 Å². The molecule has 0 N–H and O–H groups in total. The molecule has 0 atom stereocenters. The Morgan fingerprint density at radius 2 is 1.85 bits per heavy atom. The molecule has 2 rings (SSSR count). The van der Waals surface area contributed by atoms with Crippen molar-refractivity contribution in [2.75, 3.05) is 0 Å². The normalized spacial score (nSPS) is 10.2. The van der Waals surface area contributed by atoms with Gasteiger partial charge in [-0.1, -0.05) is 30.3 Å². The number of rotatable bonds is 2. The van der Waals surface area contributed by atoms with E-state index < -0.39 is 0 Å². The first-order valence-corrected chi connectivity index (χ1v) is 5.79. The maximum Gasteiger partial charge on any atom is 0.0701 e. The first-order chi connectivity index (χ1) is 6.34. The highest BCUT2D eigenvalue weighted by molar-refractivity contribution is 9.11. The van der Waals surface area contributed by atoms with Gasteiger partial charge in [0.1, 0.15) is 0 Å². The van der Waals surface area contributed by atoms with Gasteiger partial charge in [0.15, 0.2) is 0 Å². The van der Waals surface area contributed by atoms with E-state index >= 15 is 0 Å². The van der Waals surface area contributed by atoms with Crippen LogP contribution in [0.25, 0.3) is 0 Å². The van der Waals surface area contributed by atoms with Crippen LogP contribution in [-0.2, 0) is 6.42 Å². The number of hydrogen-bond donors (Lipinski definition) is 0. The Morgan fingerprint density at radius 3 is 2.46 bits per heavy atom. The van der Waals surface area contributed by atoms with Crippen LogP contribution in [0, 0.1) is 0 Å². The maximum atomic E-state index is 3.46. The van der Waals surface area contributed by atoms with Crippen molar-refractivity contribution in [2.45, 2.75) is 6.42 Å². The van der Waals surface area contributed by atoms with Gasteiger partial charge in [-0.3, -0.25) is 0 Å². The summed E-state index contributed by atoms with van der Waals surface area (Å²) < 4.78 is 1.21. The lowest BCUT2D eigenvalue weighted by Gasteiger charge is -1.96. The standard InChI is InChI=1S/C11H9BrS/c12-11-7-10(8-13-11)6-9-4-2-1-3-5-9/h1-5,7-8H,6H2. The molecule has 0 spiro atoms. The number of benzene rings is 1. The largest absolute Gasteiger partial charge is 0.137 e. The smallest absolute Gasteiger partial charge is 0.0701 e.